The summed E-state index contributed by atoms with van der Waals surface area (Å²) in [5, 5.41) is 0. The molecular weight excluding hydrogens is 202 g/mol. The molecule has 1 fully saturated rings. The molecule has 0 aromatic carbocycles. The number of ether oxygens (including phenoxy) is 1. The Labute approximate surface area is 98.0 Å². The Morgan fingerprint density at radius 3 is 2.56 bits per heavy atom. The van der Waals surface area contributed by atoms with Crippen molar-refractivity contribution >= 4 is 5.97 Å². The molecular formula is C13H23NO2. The minimum absolute atomic E-state index is 0.0434. The zero-order valence-corrected chi connectivity index (χ0v) is 10.7. The molecule has 0 saturated heterocycles. The molecule has 0 bridgehead atoms. The third-order valence-corrected chi connectivity index (χ3v) is 2.97. The Hall–Kier alpha value is -0.990. The van der Waals surface area contributed by atoms with E-state index in [1.165, 1.54) is 12.5 Å². The molecule has 0 heterocycles. The Morgan fingerprint density at radius 2 is 2.06 bits per heavy atom. The van der Waals surface area contributed by atoms with E-state index < -0.39 is 0 Å². The first-order valence-corrected chi connectivity index (χ1v) is 5.93. The van der Waals surface area contributed by atoms with E-state index in [1.807, 2.05) is 0 Å². The van der Waals surface area contributed by atoms with E-state index in [-0.39, 0.29) is 17.5 Å². The molecule has 0 aromatic rings. The number of allylic oxidation sites excluding steroid dienone is 1. The fraction of sp³-hybridized carbons (Fsp3) is 0.769. The van der Waals surface area contributed by atoms with Gasteiger partial charge in [-0.1, -0.05) is 20.8 Å². The number of hydrogen-bond acceptors (Lipinski definition) is 3. The second-order valence-corrected chi connectivity index (χ2v) is 5.86. The summed E-state index contributed by atoms with van der Waals surface area (Å²) in [5.74, 6) is 0.305. The summed E-state index contributed by atoms with van der Waals surface area (Å²) in [7, 11) is 0. The highest BCUT2D eigenvalue weighted by Gasteiger charge is 2.33. The summed E-state index contributed by atoms with van der Waals surface area (Å²) in [6.45, 7) is 8.36. The largest absolute Gasteiger partial charge is 0.459 e. The van der Waals surface area contributed by atoms with E-state index in [9.17, 15) is 4.79 Å². The molecule has 0 amide bonds. The van der Waals surface area contributed by atoms with Gasteiger partial charge in [0, 0.05) is 11.8 Å². The monoisotopic (exact) mass is 225 g/mol. The lowest BCUT2D eigenvalue weighted by Crippen LogP contribution is -2.33. The van der Waals surface area contributed by atoms with Crippen molar-refractivity contribution in [1.29, 1.82) is 0 Å². The van der Waals surface area contributed by atoms with E-state index in [2.05, 4.69) is 20.8 Å². The highest BCUT2D eigenvalue weighted by Crippen LogP contribution is 2.39. The maximum atomic E-state index is 11.5. The van der Waals surface area contributed by atoms with Crippen molar-refractivity contribution in [3.05, 3.63) is 11.8 Å². The number of carbonyl (C=O) groups is 1. The van der Waals surface area contributed by atoms with Crippen LogP contribution in [0, 0.1) is 11.3 Å². The summed E-state index contributed by atoms with van der Waals surface area (Å²) in [5.41, 5.74) is 6.20. The van der Waals surface area contributed by atoms with Gasteiger partial charge in [0.25, 0.3) is 0 Å². The zero-order chi connectivity index (χ0) is 12.3. The first kappa shape index (κ1) is 13.1. The van der Waals surface area contributed by atoms with Crippen molar-refractivity contribution in [1.82, 2.24) is 0 Å². The first-order chi connectivity index (χ1) is 7.28. The normalized spacial score (nSPS) is 29.9. The van der Waals surface area contributed by atoms with Gasteiger partial charge in [-0.3, -0.25) is 0 Å². The van der Waals surface area contributed by atoms with Crippen LogP contribution in [0.2, 0.25) is 0 Å². The number of hydrogen-bond donors (Lipinski definition) is 1. The van der Waals surface area contributed by atoms with Gasteiger partial charge in [0.05, 0.1) is 0 Å². The zero-order valence-electron chi connectivity index (χ0n) is 10.7. The van der Waals surface area contributed by atoms with E-state index in [0.29, 0.717) is 11.6 Å². The van der Waals surface area contributed by atoms with Crippen molar-refractivity contribution in [3.63, 3.8) is 0 Å². The molecule has 1 aliphatic carbocycles. The van der Waals surface area contributed by atoms with Crippen molar-refractivity contribution in [2.75, 3.05) is 0 Å². The molecule has 2 unspecified atom stereocenters. The van der Waals surface area contributed by atoms with Gasteiger partial charge in [-0.15, -0.1) is 0 Å². The van der Waals surface area contributed by atoms with Crippen LogP contribution in [0.1, 0.15) is 47.0 Å². The highest BCUT2D eigenvalue weighted by molar-refractivity contribution is 5.82. The Bertz CT molecular complexity index is 290. The summed E-state index contributed by atoms with van der Waals surface area (Å²) in [4.78, 5) is 11.5. The average Bonchev–Trinajstić information content (AvgIpc) is 1.95. The van der Waals surface area contributed by atoms with Crippen LogP contribution >= 0.6 is 0 Å². The van der Waals surface area contributed by atoms with Gasteiger partial charge in [0.2, 0.25) is 0 Å². The minimum Gasteiger partial charge on any atom is -0.459 e. The standard InChI is InChI=1S/C13H23NO2/c1-9-5-11(8-13(3,4)7-9)16-12(15)6-10(2)14/h6,9,11H,5,7-8,14H2,1-4H3/b10-6-. The topological polar surface area (TPSA) is 52.3 Å². The average molecular weight is 225 g/mol. The smallest absolute Gasteiger partial charge is 0.332 e. The molecule has 16 heavy (non-hydrogen) atoms. The van der Waals surface area contributed by atoms with Crippen molar-refractivity contribution in [3.8, 4) is 0 Å². The number of carbonyl (C=O) groups excluding carboxylic acids is 1. The van der Waals surface area contributed by atoms with Crippen molar-refractivity contribution < 1.29 is 9.53 Å². The van der Waals surface area contributed by atoms with E-state index in [0.717, 1.165) is 12.8 Å². The lowest BCUT2D eigenvalue weighted by atomic mass is 9.71. The van der Waals surface area contributed by atoms with E-state index >= 15 is 0 Å². The summed E-state index contributed by atoms with van der Waals surface area (Å²) >= 11 is 0. The first-order valence-electron chi connectivity index (χ1n) is 5.93. The predicted octanol–water partition coefficient (Wildman–Crippen LogP) is 2.61. The van der Waals surface area contributed by atoms with Crippen LogP contribution in [0.4, 0.5) is 0 Å². The van der Waals surface area contributed by atoms with Crippen LogP contribution in [0.3, 0.4) is 0 Å². The van der Waals surface area contributed by atoms with Crippen molar-refractivity contribution in [2.45, 2.75) is 53.1 Å². The van der Waals surface area contributed by atoms with Crippen LogP contribution in [0.15, 0.2) is 11.8 Å². The Balaban J connectivity index is 2.55. The van der Waals surface area contributed by atoms with Gasteiger partial charge in [-0.05, 0) is 37.5 Å². The highest BCUT2D eigenvalue weighted by atomic mass is 16.5. The van der Waals surface area contributed by atoms with E-state index in [4.69, 9.17) is 10.5 Å². The molecule has 2 atom stereocenters. The van der Waals surface area contributed by atoms with Crippen LogP contribution in [-0.2, 0) is 9.53 Å². The third kappa shape index (κ3) is 4.25. The molecule has 3 heteroatoms. The number of nitrogens with two attached hydrogens (primary N) is 1. The SMILES string of the molecule is C/C(N)=C/C(=O)OC1CC(C)CC(C)(C)C1. The number of rotatable bonds is 2. The maximum absolute atomic E-state index is 11.5. The quantitative estimate of drug-likeness (QED) is 0.580. The van der Waals surface area contributed by atoms with Gasteiger partial charge in [-0.2, -0.15) is 0 Å². The second-order valence-electron chi connectivity index (χ2n) is 5.86. The molecule has 0 aromatic heterocycles. The Kier molecular flexibility index (Phi) is 4.00. The van der Waals surface area contributed by atoms with Crippen LogP contribution in [-0.4, -0.2) is 12.1 Å². The lowest BCUT2D eigenvalue weighted by Gasteiger charge is -2.38. The molecule has 92 valence electrons. The maximum Gasteiger partial charge on any atom is 0.332 e. The fourth-order valence-corrected chi connectivity index (χ4v) is 2.73. The minimum atomic E-state index is -0.310. The molecule has 0 radical (unpaired) electrons. The summed E-state index contributed by atoms with van der Waals surface area (Å²) < 4.78 is 5.41. The van der Waals surface area contributed by atoms with Gasteiger partial charge in [-0.25, -0.2) is 4.79 Å². The third-order valence-electron chi connectivity index (χ3n) is 2.97. The molecule has 1 rings (SSSR count). The lowest BCUT2D eigenvalue weighted by molar-refractivity contribution is -0.147. The molecule has 0 spiro atoms. The van der Waals surface area contributed by atoms with Gasteiger partial charge < -0.3 is 10.5 Å². The molecule has 3 nitrogen and oxygen atoms in total. The van der Waals surface area contributed by atoms with Gasteiger partial charge >= 0.3 is 5.97 Å². The molecule has 1 saturated carbocycles. The van der Waals surface area contributed by atoms with E-state index in [1.54, 1.807) is 6.92 Å². The van der Waals surface area contributed by atoms with Crippen LogP contribution in [0.25, 0.3) is 0 Å². The van der Waals surface area contributed by atoms with Crippen LogP contribution < -0.4 is 5.73 Å². The second kappa shape index (κ2) is 4.89. The molecule has 0 aliphatic heterocycles. The predicted molar refractivity (Wildman–Crippen MR) is 64.6 cm³/mol. The van der Waals surface area contributed by atoms with Gasteiger partial charge in [0.15, 0.2) is 0 Å². The van der Waals surface area contributed by atoms with Crippen LogP contribution in [0.5, 0.6) is 0 Å². The fourth-order valence-electron chi connectivity index (χ4n) is 2.73. The van der Waals surface area contributed by atoms with Crippen molar-refractivity contribution in [2.24, 2.45) is 17.1 Å². The Morgan fingerprint density at radius 1 is 1.44 bits per heavy atom. The molecule has 2 N–H and O–H groups in total. The summed E-state index contributed by atoms with van der Waals surface area (Å²) in [6, 6.07) is 0. The van der Waals surface area contributed by atoms with Gasteiger partial charge in [0.1, 0.15) is 6.10 Å². The number of esters is 1. The summed E-state index contributed by atoms with van der Waals surface area (Å²) in [6.07, 6.45) is 4.51. The molecule has 1 aliphatic rings.